The fourth-order valence-electron chi connectivity index (χ4n) is 2.78. The number of hydrogen-bond donors (Lipinski definition) is 2. The van der Waals surface area contributed by atoms with Gasteiger partial charge >= 0.3 is 5.97 Å². The van der Waals surface area contributed by atoms with E-state index in [1.807, 2.05) is 6.92 Å². The summed E-state index contributed by atoms with van der Waals surface area (Å²) in [6, 6.07) is 0.338. The number of ether oxygens (including phenoxy) is 1. The average Bonchev–Trinajstić information content (AvgIpc) is 2.36. The molecule has 0 aliphatic heterocycles. The molecule has 3 atom stereocenters. The number of aliphatic hydroxyl groups excluding tert-OH is 1. The van der Waals surface area contributed by atoms with E-state index in [9.17, 15) is 9.90 Å². The van der Waals surface area contributed by atoms with E-state index in [1.54, 1.807) is 0 Å². The highest BCUT2D eigenvalue weighted by Crippen LogP contribution is 2.25. The van der Waals surface area contributed by atoms with Crippen LogP contribution >= 0.6 is 0 Å². The van der Waals surface area contributed by atoms with Crippen molar-refractivity contribution in [3.05, 3.63) is 0 Å². The molecule has 0 heterocycles. The lowest BCUT2D eigenvalue weighted by molar-refractivity contribution is -0.149. The van der Waals surface area contributed by atoms with E-state index in [0.717, 1.165) is 32.1 Å². The van der Waals surface area contributed by atoms with Gasteiger partial charge < -0.3 is 15.2 Å². The molecule has 0 aromatic carbocycles. The lowest BCUT2D eigenvalue weighted by atomic mass is 9.85. The van der Waals surface area contributed by atoms with E-state index >= 15 is 0 Å². The molecule has 0 spiro atoms. The van der Waals surface area contributed by atoms with Gasteiger partial charge in [0.2, 0.25) is 0 Å². The number of esters is 1. The molecule has 4 nitrogen and oxygen atoms in total. The number of rotatable bonds is 7. The Kier molecular flexibility index (Phi) is 7.39. The van der Waals surface area contributed by atoms with Gasteiger partial charge in [0, 0.05) is 12.6 Å². The molecule has 0 bridgehead atoms. The molecule has 3 unspecified atom stereocenters. The van der Waals surface area contributed by atoms with Crippen molar-refractivity contribution in [2.24, 2.45) is 11.8 Å². The van der Waals surface area contributed by atoms with Crippen molar-refractivity contribution in [3.8, 4) is 0 Å². The number of carbonyl (C=O) groups is 1. The van der Waals surface area contributed by atoms with E-state index in [2.05, 4.69) is 19.2 Å². The van der Waals surface area contributed by atoms with Crippen LogP contribution in [0.1, 0.15) is 52.9 Å². The first kappa shape index (κ1) is 16.4. The van der Waals surface area contributed by atoms with Gasteiger partial charge in [-0.2, -0.15) is 0 Å². The SMILES string of the molecule is CCOC(=O)C1CCCC(NCC(O)CC(C)C)C1. The van der Waals surface area contributed by atoms with Gasteiger partial charge in [0.25, 0.3) is 0 Å². The number of carbonyl (C=O) groups excluding carboxylic acids is 1. The summed E-state index contributed by atoms with van der Waals surface area (Å²) in [5.41, 5.74) is 0. The van der Waals surface area contributed by atoms with Crippen molar-refractivity contribution in [3.63, 3.8) is 0 Å². The van der Waals surface area contributed by atoms with Gasteiger partial charge in [-0.1, -0.05) is 20.3 Å². The Hall–Kier alpha value is -0.610. The highest BCUT2D eigenvalue weighted by atomic mass is 16.5. The third kappa shape index (κ3) is 6.39. The second kappa shape index (κ2) is 8.54. The zero-order chi connectivity index (χ0) is 14.3. The zero-order valence-electron chi connectivity index (χ0n) is 12.5. The first-order chi connectivity index (χ1) is 9.02. The molecular formula is C15H29NO3. The van der Waals surface area contributed by atoms with Crippen LogP contribution in [-0.4, -0.2) is 36.4 Å². The van der Waals surface area contributed by atoms with E-state index in [1.165, 1.54) is 0 Å². The van der Waals surface area contributed by atoms with Gasteiger partial charge in [0.05, 0.1) is 18.6 Å². The van der Waals surface area contributed by atoms with E-state index in [4.69, 9.17) is 4.74 Å². The van der Waals surface area contributed by atoms with Crippen molar-refractivity contribution < 1.29 is 14.6 Å². The van der Waals surface area contributed by atoms with Crippen LogP contribution in [0.3, 0.4) is 0 Å². The van der Waals surface area contributed by atoms with E-state index < -0.39 is 0 Å². The Bertz CT molecular complexity index is 268. The van der Waals surface area contributed by atoms with Crippen LogP contribution in [0, 0.1) is 11.8 Å². The summed E-state index contributed by atoms with van der Waals surface area (Å²) in [6.07, 6.45) is 4.45. The second-order valence-electron chi connectivity index (χ2n) is 6.00. The molecule has 112 valence electrons. The smallest absolute Gasteiger partial charge is 0.308 e. The van der Waals surface area contributed by atoms with Crippen LogP contribution in [0.2, 0.25) is 0 Å². The van der Waals surface area contributed by atoms with Gasteiger partial charge in [-0.3, -0.25) is 4.79 Å². The lowest BCUT2D eigenvalue weighted by Crippen LogP contribution is -2.40. The highest BCUT2D eigenvalue weighted by molar-refractivity contribution is 5.72. The van der Waals surface area contributed by atoms with Crippen LogP contribution in [0.15, 0.2) is 0 Å². The summed E-state index contributed by atoms with van der Waals surface area (Å²) in [7, 11) is 0. The maximum absolute atomic E-state index is 11.7. The fourth-order valence-corrected chi connectivity index (χ4v) is 2.78. The van der Waals surface area contributed by atoms with Crippen LogP contribution in [0.5, 0.6) is 0 Å². The summed E-state index contributed by atoms with van der Waals surface area (Å²) < 4.78 is 5.09. The number of aliphatic hydroxyl groups is 1. The van der Waals surface area contributed by atoms with Gasteiger partial charge in [-0.05, 0) is 38.5 Å². The normalized spacial score (nSPS) is 25.3. The zero-order valence-corrected chi connectivity index (χ0v) is 12.5. The molecule has 19 heavy (non-hydrogen) atoms. The third-order valence-electron chi connectivity index (χ3n) is 3.68. The summed E-state index contributed by atoms with van der Waals surface area (Å²) >= 11 is 0. The predicted octanol–water partition coefficient (Wildman–Crippen LogP) is 2.10. The first-order valence-corrected chi connectivity index (χ1v) is 7.61. The maximum atomic E-state index is 11.7. The van der Waals surface area contributed by atoms with Gasteiger partial charge in [0.15, 0.2) is 0 Å². The molecule has 4 heteroatoms. The van der Waals surface area contributed by atoms with Gasteiger partial charge in [0.1, 0.15) is 0 Å². The topological polar surface area (TPSA) is 58.6 Å². The summed E-state index contributed by atoms with van der Waals surface area (Å²) in [6.45, 7) is 7.15. The predicted molar refractivity (Wildman–Crippen MR) is 75.8 cm³/mol. The Labute approximate surface area is 116 Å². The Balaban J connectivity index is 2.28. The minimum absolute atomic E-state index is 0.0356. The Morgan fingerprint density at radius 3 is 2.79 bits per heavy atom. The third-order valence-corrected chi connectivity index (χ3v) is 3.68. The molecule has 0 amide bonds. The van der Waals surface area contributed by atoms with Crippen molar-refractivity contribution in [1.82, 2.24) is 5.32 Å². The van der Waals surface area contributed by atoms with E-state index in [-0.39, 0.29) is 18.0 Å². The average molecular weight is 271 g/mol. The lowest BCUT2D eigenvalue weighted by Gasteiger charge is -2.29. The van der Waals surface area contributed by atoms with Gasteiger partial charge in [-0.25, -0.2) is 0 Å². The fraction of sp³-hybridized carbons (Fsp3) is 0.933. The summed E-state index contributed by atoms with van der Waals surface area (Å²) in [5.74, 6) is 0.487. The Morgan fingerprint density at radius 1 is 1.42 bits per heavy atom. The van der Waals surface area contributed by atoms with Crippen LogP contribution in [-0.2, 0) is 9.53 Å². The van der Waals surface area contributed by atoms with Crippen LogP contribution in [0.4, 0.5) is 0 Å². The minimum Gasteiger partial charge on any atom is -0.466 e. The first-order valence-electron chi connectivity index (χ1n) is 7.61. The molecule has 1 fully saturated rings. The summed E-state index contributed by atoms with van der Waals surface area (Å²) in [5, 5.41) is 13.3. The maximum Gasteiger partial charge on any atom is 0.308 e. The molecule has 0 radical (unpaired) electrons. The minimum atomic E-state index is -0.289. The van der Waals surface area contributed by atoms with Gasteiger partial charge in [-0.15, -0.1) is 0 Å². The molecular weight excluding hydrogens is 242 g/mol. The van der Waals surface area contributed by atoms with Crippen molar-refractivity contribution in [1.29, 1.82) is 0 Å². The Morgan fingerprint density at radius 2 is 2.16 bits per heavy atom. The molecule has 2 N–H and O–H groups in total. The molecule has 1 aliphatic carbocycles. The van der Waals surface area contributed by atoms with Crippen molar-refractivity contribution in [2.75, 3.05) is 13.2 Å². The second-order valence-corrected chi connectivity index (χ2v) is 6.00. The van der Waals surface area contributed by atoms with Crippen molar-refractivity contribution in [2.45, 2.75) is 65.0 Å². The monoisotopic (exact) mass is 271 g/mol. The molecule has 0 saturated heterocycles. The molecule has 0 aromatic rings. The molecule has 0 aromatic heterocycles. The quantitative estimate of drug-likeness (QED) is 0.696. The number of hydrogen-bond acceptors (Lipinski definition) is 4. The standard InChI is InChI=1S/C15H29NO3/c1-4-19-15(18)12-6-5-7-13(9-12)16-10-14(17)8-11(2)3/h11-14,16-17H,4-10H2,1-3H3. The van der Waals surface area contributed by atoms with Crippen molar-refractivity contribution >= 4 is 5.97 Å². The number of nitrogens with one attached hydrogen (secondary N) is 1. The largest absolute Gasteiger partial charge is 0.466 e. The summed E-state index contributed by atoms with van der Waals surface area (Å²) in [4.78, 5) is 11.7. The van der Waals surface area contributed by atoms with Crippen LogP contribution in [0.25, 0.3) is 0 Å². The molecule has 1 saturated carbocycles. The van der Waals surface area contributed by atoms with Crippen LogP contribution < -0.4 is 5.32 Å². The highest BCUT2D eigenvalue weighted by Gasteiger charge is 2.28. The molecule has 1 rings (SSSR count). The van der Waals surface area contributed by atoms with E-state index in [0.29, 0.717) is 25.1 Å². The molecule has 1 aliphatic rings.